The highest BCUT2D eigenvalue weighted by Crippen LogP contribution is 2.28. The van der Waals surface area contributed by atoms with Gasteiger partial charge >= 0.3 is 0 Å². The van der Waals surface area contributed by atoms with E-state index in [0.717, 1.165) is 40.9 Å². The van der Waals surface area contributed by atoms with Crippen LogP contribution in [0.1, 0.15) is 21.6 Å². The number of anilines is 2. The van der Waals surface area contributed by atoms with Gasteiger partial charge in [-0.3, -0.25) is 4.79 Å². The SMILES string of the molecule is Cc1ccc2c(C)c(C(=O)Nc3ccccc3N3CCOCC3)[nH]c2c1. The van der Waals surface area contributed by atoms with Crippen molar-refractivity contribution in [2.24, 2.45) is 0 Å². The summed E-state index contributed by atoms with van der Waals surface area (Å²) in [6, 6.07) is 14.1. The van der Waals surface area contributed by atoms with Gasteiger partial charge in [-0.25, -0.2) is 0 Å². The number of nitrogens with one attached hydrogen (secondary N) is 2. The monoisotopic (exact) mass is 349 g/mol. The lowest BCUT2D eigenvalue weighted by atomic mass is 10.1. The highest BCUT2D eigenvalue weighted by atomic mass is 16.5. The minimum absolute atomic E-state index is 0.114. The molecule has 134 valence electrons. The molecule has 0 unspecified atom stereocenters. The quantitative estimate of drug-likeness (QED) is 0.755. The van der Waals surface area contributed by atoms with Crippen molar-refractivity contribution in [3.05, 3.63) is 59.3 Å². The zero-order valence-corrected chi connectivity index (χ0v) is 15.1. The van der Waals surface area contributed by atoms with E-state index in [1.54, 1.807) is 0 Å². The van der Waals surface area contributed by atoms with Crippen LogP contribution in [0.3, 0.4) is 0 Å². The zero-order valence-electron chi connectivity index (χ0n) is 15.1. The summed E-state index contributed by atoms with van der Waals surface area (Å²) in [4.78, 5) is 18.5. The van der Waals surface area contributed by atoms with Crippen LogP contribution in [0.15, 0.2) is 42.5 Å². The van der Waals surface area contributed by atoms with Gasteiger partial charge in [-0.05, 0) is 43.2 Å². The molecule has 1 fully saturated rings. The van der Waals surface area contributed by atoms with E-state index >= 15 is 0 Å². The number of fused-ring (bicyclic) bond motifs is 1. The first-order valence-corrected chi connectivity index (χ1v) is 8.95. The summed E-state index contributed by atoms with van der Waals surface area (Å²) in [7, 11) is 0. The number of aryl methyl sites for hydroxylation is 2. The van der Waals surface area contributed by atoms with Gasteiger partial charge in [0.2, 0.25) is 0 Å². The predicted octanol–water partition coefficient (Wildman–Crippen LogP) is 3.87. The molecule has 4 rings (SSSR count). The molecule has 0 radical (unpaired) electrons. The number of para-hydroxylation sites is 2. The Kier molecular flexibility index (Phi) is 4.39. The fraction of sp³-hybridized carbons (Fsp3) is 0.286. The number of hydrogen-bond donors (Lipinski definition) is 2. The molecule has 5 nitrogen and oxygen atoms in total. The molecule has 2 heterocycles. The van der Waals surface area contributed by atoms with E-state index in [2.05, 4.69) is 33.4 Å². The average Bonchev–Trinajstić information content (AvgIpc) is 2.99. The molecule has 0 atom stereocenters. The van der Waals surface area contributed by atoms with Gasteiger partial charge in [-0.15, -0.1) is 0 Å². The smallest absolute Gasteiger partial charge is 0.272 e. The van der Waals surface area contributed by atoms with E-state index in [1.165, 1.54) is 5.56 Å². The molecule has 2 aromatic carbocycles. The Bertz CT molecular complexity index is 955. The standard InChI is InChI=1S/C21H23N3O2/c1-14-7-8-16-15(2)20(22-18(16)13-14)21(25)23-17-5-3-4-6-19(17)24-9-11-26-12-10-24/h3-8,13,22H,9-12H2,1-2H3,(H,23,25). The van der Waals surface area contributed by atoms with Crippen LogP contribution < -0.4 is 10.2 Å². The maximum absolute atomic E-state index is 12.9. The number of carbonyl (C=O) groups is 1. The van der Waals surface area contributed by atoms with Gasteiger partial charge in [0.25, 0.3) is 5.91 Å². The van der Waals surface area contributed by atoms with Crippen molar-refractivity contribution in [1.82, 2.24) is 4.98 Å². The second kappa shape index (κ2) is 6.84. The van der Waals surface area contributed by atoms with Crippen LogP contribution in [0.2, 0.25) is 0 Å². The van der Waals surface area contributed by atoms with Crippen LogP contribution in [0.4, 0.5) is 11.4 Å². The summed E-state index contributed by atoms with van der Waals surface area (Å²) in [5.74, 6) is -0.114. The first-order chi connectivity index (χ1) is 12.6. The fourth-order valence-electron chi connectivity index (χ4n) is 3.52. The number of morpholine rings is 1. The molecular weight excluding hydrogens is 326 g/mol. The van der Waals surface area contributed by atoms with Gasteiger partial charge in [0.1, 0.15) is 5.69 Å². The van der Waals surface area contributed by atoms with Crippen molar-refractivity contribution < 1.29 is 9.53 Å². The van der Waals surface area contributed by atoms with Crippen LogP contribution in [0.25, 0.3) is 10.9 Å². The lowest BCUT2D eigenvalue weighted by molar-refractivity contribution is 0.102. The third-order valence-electron chi connectivity index (χ3n) is 4.94. The maximum atomic E-state index is 12.9. The normalized spacial score (nSPS) is 14.6. The van der Waals surface area contributed by atoms with Gasteiger partial charge < -0.3 is 19.9 Å². The number of nitrogens with zero attached hydrogens (tertiary/aromatic N) is 1. The lowest BCUT2D eigenvalue weighted by Crippen LogP contribution is -2.36. The molecule has 1 amide bonds. The number of aromatic nitrogens is 1. The molecule has 1 aromatic heterocycles. The minimum Gasteiger partial charge on any atom is -0.378 e. The largest absolute Gasteiger partial charge is 0.378 e. The maximum Gasteiger partial charge on any atom is 0.272 e. The molecule has 1 aliphatic heterocycles. The first kappa shape index (κ1) is 16.7. The van der Waals surface area contributed by atoms with Gasteiger partial charge in [0.15, 0.2) is 0 Å². The van der Waals surface area contributed by atoms with Crippen molar-refractivity contribution in [2.45, 2.75) is 13.8 Å². The predicted molar refractivity (Wildman–Crippen MR) is 105 cm³/mol. The van der Waals surface area contributed by atoms with Crippen LogP contribution in [-0.4, -0.2) is 37.2 Å². The number of benzene rings is 2. The Balaban J connectivity index is 1.64. The molecule has 0 bridgehead atoms. The van der Waals surface area contributed by atoms with E-state index in [4.69, 9.17) is 4.74 Å². The Hall–Kier alpha value is -2.79. The van der Waals surface area contributed by atoms with Crippen molar-refractivity contribution in [3.8, 4) is 0 Å². The summed E-state index contributed by atoms with van der Waals surface area (Å²) in [6.07, 6.45) is 0. The summed E-state index contributed by atoms with van der Waals surface area (Å²) in [5, 5.41) is 4.17. The van der Waals surface area contributed by atoms with Crippen LogP contribution in [0, 0.1) is 13.8 Å². The summed E-state index contributed by atoms with van der Waals surface area (Å²) in [5.41, 5.74) is 5.61. The van der Waals surface area contributed by atoms with Gasteiger partial charge in [-0.1, -0.05) is 24.3 Å². The van der Waals surface area contributed by atoms with Crippen LogP contribution in [0.5, 0.6) is 0 Å². The number of ether oxygens (including phenoxy) is 1. The highest BCUT2D eigenvalue weighted by Gasteiger charge is 2.19. The van der Waals surface area contributed by atoms with E-state index in [-0.39, 0.29) is 5.91 Å². The van der Waals surface area contributed by atoms with E-state index in [0.29, 0.717) is 18.9 Å². The summed E-state index contributed by atoms with van der Waals surface area (Å²) >= 11 is 0. The van der Waals surface area contributed by atoms with E-state index in [9.17, 15) is 4.79 Å². The van der Waals surface area contributed by atoms with Crippen molar-refractivity contribution >= 4 is 28.2 Å². The molecular formula is C21H23N3O2. The molecule has 3 aromatic rings. The zero-order chi connectivity index (χ0) is 18.1. The van der Waals surface area contributed by atoms with Gasteiger partial charge in [0, 0.05) is 24.0 Å². The molecule has 1 saturated heterocycles. The van der Waals surface area contributed by atoms with Crippen molar-refractivity contribution in [2.75, 3.05) is 36.5 Å². The lowest BCUT2D eigenvalue weighted by Gasteiger charge is -2.30. The average molecular weight is 349 g/mol. The number of hydrogen-bond acceptors (Lipinski definition) is 3. The summed E-state index contributed by atoms with van der Waals surface area (Å²) < 4.78 is 5.44. The first-order valence-electron chi connectivity index (χ1n) is 8.95. The second-order valence-corrected chi connectivity index (χ2v) is 6.74. The molecule has 0 aliphatic carbocycles. The topological polar surface area (TPSA) is 57.4 Å². The number of H-pyrrole nitrogens is 1. The number of rotatable bonds is 3. The Morgan fingerprint density at radius 2 is 1.88 bits per heavy atom. The minimum atomic E-state index is -0.114. The molecule has 26 heavy (non-hydrogen) atoms. The van der Waals surface area contributed by atoms with Crippen molar-refractivity contribution in [1.29, 1.82) is 0 Å². The molecule has 0 spiro atoms. The Morgan fingerprint density at radius 3 is 2.69 bits per heavy atom. The molecule has 2 N–H and O–H groups in total. The second-order valence-electron chi connectivity index (χ2n) is 6.74. The molecule has 0 saturated carbocycles. The van der Waals surface area contributed by atoms with Crippen LogP contribution >= 0.6 is 0 Å². The highest BCUT2D eigenvalue weighted by molar-refractivity contribution is 6.09. The third kappa shape index (κ3) is 3.06. The van der Waals surface area contributed by atoms with Gasteiger partial charge in [-0.2, -0.15) is 0 Å². The third-order valence-corrected chi connectivity index (χ3v) is 4.94. The van der Waals surface area contributed by atoms with Gasteiger partial charge in [0.05, 0.1) is 24.6 Å². The molecule has 5 heteroatoms. The van der Waals surface area contributed by atoms with E-state index in [1.807, 2.05) is 38.1 Å². The fourth-order valence-corrected chi connectivity index (χ4v) is 3.52. The van der Waals surface area contributed by atoms with Crippen LogP contribution in [-0.2, 0) is 4.74 Å². The summed E-state index contributed by atoms with van der Waals surface area (Å²) in [6.45, 7) is 7.12. The number of carbonyl (C=O) groups excluding carboxylic acids is 1. The van der Waals surface area contributed by atoms with Crippen molar-refractivity contribution in [3.63, 3.8) is 0 Å². The Morgan fingerprint density at radius 1 is 1.12 bits per heavy atom. The number of amides is 1. The molecule has 1 aliphatic rings. The number of aromatic amines is 1. The van der Waals surface area contributed by atoms with E-state index < -0.39 is 0 Å². The Labute approximate surface area is 153 Å².